The molecule has 1 aromatic carbocycles. The van der Waals surface area contributed by atoms with E-state index >= 15 is 0 Å². The molecular formula is C12H16O6. The number of hydrogen-bond donors (Lipinski definition) is 2. The number of carbonyl (C=O) groups is 1. The van der Waals surface area contributed by atoms with Crippen LogP contribution in [-0.2, 0) is 9.53 Å². The average Bonchev–Trinajstić information content (AvgIpc) is 2.38. The number of aliphatic hydroxyl groups excluding tert-OH is 1. The van der Waals surface area contributed by atoms with Crippen LogP contribution in [-0.4, -0.2) is 43.6 Å². The minimum Gasteiger partial charge on any atom is -0.497 e. The number of ether oxygens (including phenoxy) is 3. The molecule has 0 bridgehead atoms. The lowest BCUT2D eigenvalue weighted by atomic mass is 10.1. The lowest BCUT2D eigenvalue weighted by Crippen LogP contribution is -2.17. The zero-order valence-corrected chi connectivity index (χ0v) is 10.3. The minimum absolute atomic E-state index is 0.0590. The van der Waals surface area contributed by atoms with Gasteiger partial charge in [-0.2, -0.15) is 0 Å². The molecule has 0 heterocycles. The quantitative estimate of drug-likeness (QED) is 0.752. The first-order chi connectivity index (χ1) is 8.62. The zero-order chi connectivity index (χ0) is 13.5. The van der Waals surface area contributed by atoms with E-state index in [1.807, 2.05) is 0 Å². The van der Waals surface area contributed by atoms with Gasteiger partial charge in [-0.1, -0.05) is 0 Å². The fourth-order valence-electron chi connectivity index (χ4n) is 1.46. The molecule has 0 aromatic heterocycles. The molecule has 0 saturated carbocycles. The maximum absolute atomic E-state index is 11.1. The van der Waals surface area contributed by atoms with Crippen LogP contribution in [0.1, 0.15) is 11.7 Å². The number of methoxy groups -OCH3 is 2. The second-order valence-electron chi connectivity index (χ2n) is 3.46. The molecule has 0 aliphatic rings. The Hall–Kier alpha value is -1.79. The van der Waals surface area contributed by atoms with Crippen LogP contribution in [0.3, 0.4) is 0 Å². The number of benzene rings is 1. The number of carboxylic acids is 1. The first-order valence-corrected chi connectivity index (χ1v) is 5.30. The van der Waals surface area contributed by atoms with Crippen molar-refractivity contribution in [3.63, 3.8) is 0 Å². The lowest BCUT2D eigenvalue weighted by molar-refractivity contribution is -0.151. The van der Waals surface area contributed by atoms with Gasteiger partial charge in [0.2, 0.25) is 0 Å². The van der Waals surface area contributed by atoms with E-state index in [1.165, 1.54) is 14.2 Å². The van der Waals surface area contributed by atoms with Gasteiger partial charge in [0.15, 0.2) is 6.10 Å². The van der Waals surface area contributed by atoms with Gasteiger partial charge in [-0.05, 0) is 17.7 Å². The second kappa shape index (κ2) is 6.83. The topological polar surface area (TPSA) is 85.2 Å². The summed E-state index contributed by atoms with van der Waals surface area (Å²) in [6.07, 6.45) is -1.17. The Kier molecular flexibility index (Phi) is 5.41. The highest BCUT2D eigenvalue weighted by atomic mass is 16.5. The van der Waals surface area contributed by atoms with Crippen molar-refractivity contribution >= 4 is 5.97 Å². The zero-order valence-electron chi connectivity index (χ0n) is 10.3. The maximum Gasteiger partial charge on any atom is 0.337 e. The summed E-state index contributed by atoms with van der Waals surface area (Å²) in [4.78, 5) is 11.1. The van der Waals surface area contributed by atoms with Crippen LogP contribution < -0.4 is 9.47 Å². The summed E-state index contributed by atoms with van der Waals surface area (Å²) in [7, 11) is 2.95. The summed E-state index contributed by atoms with van der Waals surface area (Å²) in [5.41, 5.74) is 0.396. The second-order valence-corrected chi connectivity index (χ2v) is 3.46. The van der Waals surface area contributed by atoms with Crippen LogP contribution in [0.25, 0.3) is 0 Å². The summed E-state index contributed by atoms with van der Waals surface area (Å²) in [6, 6.07) is 4.74. The van der Waals surface area contributed by atoms with Crippen molar-refractivity contribution in [2.45, 2.75) is 6.10 Å². The van der Waals surface area contributed by atoms with Crippen molar-refractivity contribution in [2.24, 2.45) is 0 Å². The molecule has 0 saturated heterocycles. The molecule has 0 aliphatic carbocycles. The van der Waals surface area contributed by atoms with Gasteiger partial charge in [0.25, 0.3) is 0 Å². The molecule has 1 rings (SSSR count). The van der Waals surface area contributed by atoms with E-state index < -0.39 is 12.1 Å². The molecule has 6 heteroatoms. The molecule has 0 radical (unpaired) electrons. The highest BCUT2D eigenvalue weighted by Crippen LogP contribution is 2.28. The molecule has 100 valence electrons. The van der Waals surface area contributed by atoms with Crippen LogP contribution in [0, 0.1) is 0 Å². The van der Waals surface area contributed by atoms with Gasteiger partial charge in [-0.15, -0.1) is 0 Å². The summed E-state index contributed by atoms with van der Waals surface area (Å²) >= 11 is 0. The van der Waals surface area contributed by atoms with Crippen LogP contribution in [0.2, 0.25) is 0 Å². The molecular weight excluding hydrogens is 240 g/mol. The molecule has 0 fully saturated rings. The Labute approximate surface area is 105 Å². The van der Waals surface area contributed by atoms with Gasteiger partial charge in [0.1, 0.15) is 11.5 Å². The highest BCUT2D eigenvalue weighted by Gasteiger charge is 2.22. The molecule has 1 unspecified atom stereocenters. The Balaban J connectivity index is 3.05. The molecule has 0 amide bonds. The van der Waals surface area contributed by atoms with Crippen molar-refractivity contribution in [3.8, 4) is 11.5 Å². The standard InChI is InChI=1S/C12H16O6/c1-16-9-5-8(6-10(7-9)17-2)11(12(14)15)18-4-3-13/h5-7,11,13H,3-4H2,1-2H3,(H,14,15). The Bertz CT molecular complexity index is 381. The van der Waals surface area contributed by atoms with E-state index in [1.54, 1.807) is 18.2 Å². The molecule has 18 heavy (non-hydrogen) atoms. The third-order valence-electron chi connectivity index (χ3n) is 2.28. The van der Waals surface area contributed by atoms with Gasteiger partial charge in [0, 0.05) is 6.07 Å². The third kappa shape index (κ3) is 3.61. The van der Waals surface area contributed by atoms with Gasteiger partial charge in [0.05, 0.1) is 27.4 Å². The van der Waals surface area contributed by atoms with E-state index in [4.69, 9.17) is 24.4 Å². The summed E-state index contributed by atoms with van der Waals surface area (Å²) in [6.45, 7) is -0.304. The van der Waals surface area contributed by atoms with E-state index in [2.05, 4.69) is 0 Å². The third-order valence-corrected chi connectivity index (χ3v) is 2.28. The average molecular weight is 256 g/mol. The van der Waals surface area contributed by atoms with E-state index in [9.17, 15) is 4.79 Å². The number of rotatable bonds is 7. The molecule has 0 spiro atoms. The largest absolute Gasteiger partial charge is 0.497 e. The summed E-state index contributed by atoms with van der Waals surface area (Å²) in [5, 5.41) is 17.8. The van der Waals surface area contributed by atoms with Crippen LogP contribution >= 0.6 is 0 Å². The fraction of sp³-hybridized carbons (Fsp3) is 0.417. The normalized spacial score (nSPS) is 11.9. The molecule has 1 atom stereocenters. The molecule has 2 N–H and O–H groups in total. The predicted octanol–water partition coefficient (Wildman–Crippen LogP) is 0.838. The minimum atomic E-state index is -1.17. The van der Waals surface area contributed by atoms with Crippen LogP contribution in [0.4, 0.5) is 0 Å². The monoisotopic (exact) mass is 256 g/mol. The fourth-order valence-corrected chi connectivity index (χ4v) is 1.46. The van der Waals surface area contributed by atoms with Crippen molar-refractivity contribution in [1.82, 2.24) is 0 Å². The SMILES string of the molecule is COc1cc(OC)cc(C(OCCO)C(=O)O)c1. The van der Waals surface area contributed by atoms with E-state index in [0.717, 1.165) is 0 Å². The Morgan fingerprint density at radius 3 is 2.17 bits per heavy atom. The molecule has 6 nitrogen and oxygen atoms in total. The number of aliphatic carboxylic acids is 1. The highest BCUT2D eigenvalue weighted by molar-refractivity contribution is 5.74. The van der Waals surface area contributed by atoms with Crippen molar-refractivity contribution in [2.75, 3.05) is 27.4 Å². The Morgan fingerprint density at radius 2 is 1.78 bits per heavy atom. The molecule has 0 aliphatic heterocycles. The van der Waals surface area contributed by atoms with Gasteiger partial charge in [-0.25, -0.2) is 4.79 Å². The van der Waals surface area contributed by atoms with Gasteiger partial charge in [-0.3, -0.25) is 0 Å². The number of carboxylic acid groups (broad SMARTS) is 1. The van der Waals surface area contributed by atoms with Gasteiger partial charge >= 0.3 is 5.97 Å². The van der Waals surface area contributed by atoms with Crippen molar-refractivity contribution < 1.29 is 29.2 Å². The maximum atomic E-state index is 11.1. The first kappa shape index (κ1) is 14.3. The van der Waals surface area contributed by atoms with Gasteiger partial charge < -0.3 is 24.4 Å². The number of hydrogen-bond acceptors (Lipinski definition) is 5. The smallest absolute Gasteiger partial charge is 0.337 e. The predicted molar refractivity (Wildman–Crippen MR) is 63.0 cm³/mol. The first-order valence-electron chi connectivity index (χ1n) is 5.30. The van der Waals surface area contributed by atoms with E-state index in [-0.39, 0.29) is 13.2 Å². The summed E-state index contributed by atoms with van der Waals surface area (Å²) in [5.74, 6) is -0.190. The summed E-state index contributed by atoms with van der Waals surface area (Å²) < 4.78 is 15.2. The lowest BCUT2D eigenvalue weighted by Gasteiger charge is -2.15. The Morgan fingerprint density at radius 1 is 1.22 bits per heavy atom. The molecule has 1 aromatic rings. The van der Waals surface area contributed by atoms with Crippen LogP contribution in [0.5, 0.6) is 11.5 Å². The van der Waals surface area contributed by atoms with Crippen molar-refractivity contribution in [1.29, 1.82) is 0 Å². The van der Waals surface area contributed by atoms with E-state index in [0.29, 0.717) is 17.1 Å². The van der Waals surface area contributed by atoms with Crippen molar-refractivity contribution in [3.05, 3.63) is 23.8 Å². The van der Waals surface area contributed by atoms with Crippen LogP contribution in [0.15, 0.2) is 18.2 Å². The number of aliphatic hydroxyl groups is 1.